The lowest BCUT2D eigenvalue weighted by molar-refractivity contribution is -0.672. The number of halogens is 1. The molecule has 0 radical (unpaired) electrons. The molecular formula is C9H7FN3O4+. The SMILES string of the molecule is COc1c[n+](-c2ccc([N+](=O)[O-])cc2F)no1. The minimum absolute atomic E-state index is 0.0302. The Morgan fingerprint density at radius 1 is 1.59 bits per heavy atom. The standard InChI is InChI=1S/C9H7FN3O4/c1-16-9-5-12(11-17-9)8-3-2-6(13(14)15)4-7(8)10/h2-5H,1H3/q+1. The van der Waals surface area contributed by atoms with Crippen molar-refractivity contribution in [2.75, 3.05) is 7.11 Å². The van der Waals surface area contributed by atoms with Gasteiger partial charge in [-0.3, -0.25) is 14.6 Å². The molecule has 0 aliphatic rings. The second kappa shape index (κ2) is 4.16. The number of nitrogens with zero attached hydrogens (tertiary/aromatic N) is 3. The Hall–Kier alpha value is -2.51. The summed E-state index contributed by atoms with van der Waals surface area (Å²) in [6, 6.07) is 3.21. The highest BCUT2D eigenvalue weighted by Gasteiger charge is 2.22. The molecule has 0 aliphatic heterocycles. The first-order valence-corrected chi connectivity index (χ1v) is 4.49. The molecule has 0 N–H and O–H groups in total. The molecular weight excluding hydrogens is 233 g/mol. The number of aromatic nitrogens is 2. The fraction of sp³-hybridized carbons (Fsp3) is 0.111. The largest absolute Gasteiger partial charge is 0.463 e. The summed E-state index contributed by atoms with van der Waals surface area (Å²) in [6.45, 7) is 0. The highest BCUT2D eigenvalue weighted by Crippen LogP contribution is 2.16. The highest BCUT2D eigenvalue weighted by molar-refractivity contribution is 5.37. The second-order valence-electron chi connectivity index (χ2n) is 3.06. The van der Waals surface area contributed by atoms with Crippen molar-refractivity contribution in [1.29, 1.82) is 0 Å². The van der Waals surface area contributed by atoms with Crippen molar-refractivity contribution in [3.8, 4) is 11.6 Å². The summed E-state index contributed by atoms with van der Waals surface area (Å²) in [4.78, 5) is 9.75. The van der Waals surface area contributed by atoms with E-state index < -0.39 is 10.7 Å². The predicted molar refractivity (Wildman–Crippen MR) is 51.2 cm³/mol. The number of ether oxygens (including phenoxy) is 1. The van der Waals surface area contributed by atoms with Gasteiger partial charge in [-0.05, 0) is 4.68 Å². The lowest BCUT2D eigenvalue weighted by atomic mass is 10.2. The van der Waals surface area contributed by atoms with E-state index in [1.54, 1.807) is 0 Å². The Morgan fingerprint density at radius 2 is 2.35 bits per heavy atom. The number of nitro benzene ring substituents is 1. The van der Waals surface area contributed by atoms with Crippen LogP contribution in [-0.4, -0.2) is 17.3 Å². The number of non-ortho nitro benzene ring substituents is 1. The zero-order valence-corrected chi connectivity index (χ0v) is 8.66. The molecule has 0 saturated carbocycles. The Bertz CT molecular complexity index is 569. The van der Waals surface area contributed by atoms with Crippen LogP contribution in [0.15, 0.2) is 28.9 Å². The van der Waals surface area contributed by atoms with Gasteiger partial charge < -0.3 is 4.74 Å². The summed E-state index contributed by atoms with van der Waals surface area (Å²) in [5.41, 5.74) is -0.301. The first-order valence-electron chi connectivity index (χ1n) is 4.49. The van der Waals surface area contributed by atoms with Crippen molar-refractivity contribution in [1.82, 2.24) is 5.27 Å². The first kappa shape index (κ1) is 11.0. The number of benzene rings is 1. The van der Waals surface area contributed by atoms with E-state index in [0.717, 1.165) is 10.7 Å². The lowest BCUT2D eigenvalue weighted by Gasteiger charge is -1.92. The van der Waals surface area contributed by atoms with E-state index in [1.165, 1.54) is 25.4 Å². The average Bonchev–Trinajstić information content (AvgIpc) is 2.77. The van der Waals surface area contributed by atoms with Crippen LogP contribution in [0.2, 0.25) is 0 Å². The maximum absolute atomic E-state index is 13.6. The number of hydrogen-bond acceptors (Lipinski definition) is 5. The Kier molecular flexibility index (Phi) is 2.69. The third kappa shape index (κ3) is 2.05. The molecule has 8 heteroatoms. The molecule has 0 atom stereocenters. The molecule has 1 heterocycles. The average molecular weight is 240 g/mol. The quantitative estimate of drug-likeness (QED) is 0.454. The first-order chi connectivity index (χ1) is 8.11. The van der Waals surface area contributed by atoms with Gasteiger partial charge in [-0.2, -0.15) is 4.39 Å². The third-order valence-corrected chi connectivity index (χ3v) is 2.04. The molecule has 0 unspecified atom stereocenters. The Morgan fingerprint density at radius 3 is 2.88 bits per heavy atom. The van der Waals surface area contributed by atoms with Gasteiger partial charge in [0.15, 0.2) is 0 Å². The minimum Gasteiger partial charge on any atom is -0.463 e. The van der Waals surface area contributed by atoms with E-state index in [-0.39, 0.29) is 17.3 Å². The molecule has 2 rings (SSSR count). The second-order valence-corrected chi connectivity index (χ2v) is 3.06. The van der Waals surface area contributed by atoms with Crippen molar-refractivity contribution in [3.63, 3.8) is 0 Å². The van der Waals surface area contributed by atoms with E-state index in [0.29, 0.717) is 0 Å². The minimum atomic E-state index is -0.778. The summed E-state index contributed by atoms with van der Waals surface area (Å²) < 4.78 is 24.1. The smallest absolute Gasteiger partial charge is 0.383 e. The lowest BCUT2D eigenvalue weighted by Crippen LogP contribution is -2.32. The van der Waals surface area contributed by atoms with E-state index in [4.69, 9.17) is 9.26 Å². The van der Waals surface area contributed by atoms with Gasteiger partial charge in [0, 0.05) is 12.1 Å². The van der Waals surface area contributed by atoms with Crippen LogP contribution >= 0.6 is 0 Å². The molecule has 0 saturated heterocycles. The van der Waals surface area contributed by atoms with E-state index >= 15 is 0 Å². The van der Waals surface area contributed by atoms with E-state index in [9.17, 15) is 14.5 Å². The van der Waals surface area contributed by atoms with Gasteiger partial charge in [-0.1, -0.05) is 0 Å². The number of nitro groups is 1. The van der Waals surface area contributed by atoms with Gasteiger partial charge in [0.05, 0.1) is 18.1 Å². The van der Waals surface area contributed by atoms with Gasteiger partial charge >= 0.3 is 5.95 Å². The number of hydrogen-bond donors (Lipinski definition) is 0. The fourth-order valence-electron chi connectivity index (χ4n) is 1.23. The van der Waals surface area contributed by atoms with Gasteiger partial charge in [-0.25, -0.2) is 0 Å². The van der Waals surface area contributed by atoms with Crippen molar-refractivity contribution < 1.29 is 23.3 Å². The van der Waals surface area contributed by atoms with Crippen LogP contribution in [0.1, 0.15) is 0 Å². The molecule has 1 aromatic carbocycles. The maximum Gasteiger partial charge on any atom is 0.383 e. The van der Waals surface area contributed by atoms with Crippen LogP contribution in [0, 0.1) is 15.9 Å². The Labute approximate surface area is 94.1 Å². The van der Waals surface area contributed by atoms with Crippen LogP contribution < -0.4 is 9.42 Å². The summed E-state index contributed by atoms with van der Waals surface area (Å²) in [6.07, 6.45) is 1.31. The predicted octanol–water partition coefficient (Wildman–Crippen LogP) is 1.01. The van der Waals surface area contributed by atoms with Crippen LogP contribution in [-0.2, 0) is 0 Å². The molecule has 88 valence electrons. The zero-order chi connectivity index (χ0) is 12.4. The van der Waals surface area contributed by atoms with E-state index in [1.807, 2.05) is 0 Å². The topological polar surface area (TPSA) is 82.3 Å². The molecule has 1 aromatic heterocycles. The molecule has 0 bridgehead atoms. The monoisotopic (exact) mass is 240 g/mol. The molecule has 0 amide bonds. The molecule has 7 nitrogen and oxygen atoms in total. The van der Waals surface area contributed by atoms with Gasteiger partial charge in [0.1, 0.15) is 0 Å². The third-order valence-electron chi connectivity index (χ3n) is 2.04. The van der Waals surface area contributed by atoms with Crippen LogP contribution in [0.3, 0.4) is 0 Å². The van der Waals surface area contributed by atoms with Crippen molar-refractivity contribution in [2.24, 2.45) is 0 Å². The number of rotatable bonds is 3. The van der Waals surface area contributed by atoms with Crippen molar-refractivity contribution in [3.05, 3.63) is 40.3 Å². The highest BCUT2D eigenvalue weighted by atomic mass is 19.1. The van der Waals surface area contributed by atoms with Gasteiger partial charge in [-0.15, -0.1) is 0 Å². The van der Waals surface area contributed by atoms with E-state index in [2.05, 4.69) is 5.27 Å². The van der Waals surface area contributed by atoms with Crippen LogP contribution in [0.25, 0.3) is 5.69 Å². The zero-order valence-electron chi connectivity index (χ0n) is 8.66. The molecule has 0 fully saturated rings. The Balaban J connectivity index is 2.42. The molecule has 2 aromatic rings. The van der Waals surface area contributed by atoms with Crippen LogP contribution in [0.5, 0.6) is 5.95 Å². The van der Waals surface area contributed by atoms with Crippen molar-refractivity contribution in [2.45, 2.75) is 0 Å². The maximum atomic E-state index is 13.6. The van der Waals surface area contributed by atoms with Crippen molar-refractivity contribution >= 4 is 5.69 Å². The van der Waals surface area contributed by atoms with Gasteiger partial charge in [0.25, 0.3) is 17.6 Å². The fourth-order valence-corrected chi connectivity index (χ4v) is 1.23. The number of methoxy groups -OCH3 is 1. The summed E-state index contributed by atoms with van der Waals surface area (Å²) in [5.74, 6) is -0.678. The summed E-state index contributed by atoms with van der Waals surface area (Å²) in [5, 5.41) is 13.9. The van der Waals surface area contributed by atoms with Crippen LogP contribution in [0.4, 0.5) is 10.1 Å². The van der Waals surface area contributed by atoms with Gasteiger partial charge in [0.2, 0.25) is 11.1 Å². The molecule has 0 aliphatic carbocycles. The summed E-state index contributed by atoms with van der Waals surface area (Å²) in [7, 11) is 1.37. The molecule has 17 heavy (non-hydrogen) atoms. The normalized spacial score (nSPS) is 10.2. The summed E-state index contributed by atoms with van der Waals surface area (Å²) >= 11 is 0. The molecule has 0 spiro atoms.